The molecule has 3 aliphatic rings. The molecule has 0 amide bonds. The van der Waals surface area contributed by atoms with Gasteiger partial charge < -0.3 is 14.4 Å². The quantitative estimate of drug-likeness (QED) is 0.258. The summed E-state index contributed by atoms with van der Waals surface area (Å²) in [6, 6.07) is 10.8. The summed E-state index contributed by atoms with van der Waals surface area (Å²) in [6.45, 7) is 5.23. The van der Waals surface area contributed by atoms with Crippen LogP contribution in [0.15, 0.2) is 41.5 Å². The summed E-state index contributed by atoms with van der Waals surface area (Å²) >= 11 is 1.31. The predicted molar refractivity (Wildman–Crippen MR) is 174 cm³/mol. The summed E-state index contributed by atoms with van der Waals surface area (Å²) < 4.78 is 27.7. The number of hydrogen-bond acceptors (Lipinski definition) is 8. The maximum absolute atomic E-state index is 14.9. The number of aromatic nitrogens is 2. The van der Waals surface area contributed by atoms with Crippen molar-refractivity contribution in [2.24, 2.45) is 5.41 Å². The third-order valence-corrected chi connectivity index (χ3v) is 11.2. The van der Waals surface area contributed by atoms with Crippen LogP contribution in [0, 0.1) is 22.6 Å². The van der Waals surface area contributed by atoms with Crippen LogP contribution in [0.1, 0.15) is 89.2 Å². The van der Waals surface area contributed by atoms with E-state index in [4.69, 9.17) is 4.74 Å². The maximum Gasteiger partial charge on any atom is 0.261 e. The van der Waals surface area contributed by atoms with Crippen LogP contribution in [0.25, 0.3) is 10.9 Å². The van der Waals surface area contributed by atoms with Crippen molar-refractivity contribution in [3.8, 4) is 17.6 Å². The van der Waals surface area contributed by atoms with E-state index in [1.54, 1.807) is 29.1 Å². The summed E-state index contributed by atoms with van der Waals surface area (Å²) in [5.74, 6) is -0.536. The molecule has 10 heteroatoms. The molecule has 1 saturated heterocycles. The normalized spacial score (nSPS) is 19.8. The lowest BCUT2D eigenvalue weighted by Crippen LogP contribution is -2.47. The van der Waals surface area contributed by atoms with Crippen molar-refractivity contribution in [2.45, 2.75) is 89.6 Å². The molecule has 2 aliphatic carbocycles. The third-order valence-electron chi connectivity index (χ3n) is 10.3. The molecule has 2 heterocycles. The van der Waals surface area contributed by atoms with Gasteiger partial charge in [-0.2, -0.15) is 5.26 Å². The summed E-state index contributed by atoms with van der Waals surface area (Å²) in [5, 5.41) is 10.3. The zero-order valence-corrected chi connectivity index (χ0v) is 26.7. The summed E-state index contributed by atoms with van der Waals surface area (Å²) in [4.78, 5) is 21.1. The largest absolute Gasteiger partial charge is 0.453 e. The first-order valence-electron chi connectivity index (χ1n) is 16.2. The highest BCUT2D eigenvalue weighted by Gasteiger charge is 2.40. The van der Waals surface area contributed by atoms with Gasteiger partial charge in [-0.3, -0.25) is 9.36 Å². The Labute approximate surface area is 263 Å². The molecule has 8 nitrogen and oxygen atoms in total. The molecule has 6 rings (SSSR count). The molecule has 1 aromatic heterocycles. The first kappa shape index (κ1) is 30.9. The number of likely N-dealkylation sites (tertiary alicyclic amines) is 1. The minimum atomic E-state index is -0.648. The number of piperidine rings is 1. The van der Waals surface area contributed by atoms with Crippen LogP contribution < -0.4 is 15.0 Å². The van der Waals surface area contributed by atoms with E-state index in [0.29, 0.717) is 22.0 Å². The van der Waals surface area contributed by atoms with Crippen molar-refractivity contribution in [2.75, 3.05) is 31.4 Å². The number of ether oxygens (including phenoxy) is 1. The van der Waals surface area contributed by atoms with E-state index in [1.165, 1.54) is 82.3 Å². The number of nitrogens with zero attached hydrogens (tertiary/aromatic N) is 5. The number of hydrogen-bond donors (Lipinski definition) is 1. The van der Waals surface area contributed by atoms with Gasteiger partial charge in [0.15, 0.2) is 11.6 Å². The number of fused-ring (bicyclic) bond motifs is 1. The van der Waals surface area contributed by atoms with Crippen LogP contribution >= 0.6 is 12.1 Å². The minimum Gasteiger partial charge on any atom is -0.453 e. The molecule has 0 bridgehead atoms. The van der Waals surface area contributed by atoms with Gasteiger partial charge in [-0.15, -0.1) is 0 Å². The van der Waals surface area contributed by atoms with Crippen molar-refractivity contribution in [1.29, 1.82) is 5.26 Å². The van der Waals surface area contributed by atoms with Crippen molar-refractivity contribution in [3.63, 3.8) is 0 Å². The molecule has 1 aliphatic heterocycles. The van der Waals surface area contributed by atoms with E-state index in [1.807, 2.05) is 18.3 Å². The fraction of sp³-hybridized carbons (Fsp3) is 0.559. The van der Waals surface area contributed by atoms with Gasteiger partial charge >= 0.3 is 0 Å². The molecule has 1 N–H and O–H groups in total. The van der Waals surface area contributed by atoms with Gasteiger partial charge in [0.1, 0.15) is 17.4 Å². The first-order valence-corrected chi connectivity index (χ1v) is 17.0. The Hall–Kier alpha value is -3.13. The molecule has 2 saturated carbocycles. The highest BCUT2D eigenvalue weighted by molar-refractivity contribution is 7.98. The number of rotatable bonds is 8. The van der Waals surface area contributed by atoms with Crippen LogP contribution in [0.2, 0.25) is 0 Å². The average Bonchev–Trinajstić information content (AvgIpc) is 3.06. The predicted octanol–water partition coefficient (Wildman–Crippen LogP) is 7.66. The Morgan fingerprint density at radius 1 is 1.09 bits per heavy atom. The van der Waals surface area contributed by atoms with Crippen LogP contribution in [0.5, 0.6) is 11.5 Å². The fourth-order valence-electron chi connectivity index (χ4n) is 7.40. The molecule has 44 heavy (non-hydrogen) atoms. The van der Waals surface area contributed by atoms with E-state index in [0.717, 1.165) is 38.3 Å². The van der Waals surface area contributed by atoms with Crippen molar-refractivity contribution in [1.82, 2.24) is 18.8 Å². The average molecular weight is 619 g/mol. The Bertz CT molecular complexity index is 1560. The van der Waals surface area contributed by atoms with Crippen molar-refractivity contribution >= 4 is 28.7 Å². The standard InChI is InChI=1S/C34H43FN6O2S/c1-3-39(2)44-38-31-12-10-29(35)32(28(31)22-36)43-26-9-11-30-27(21-26)33(42)41(23-37-30)25-13-15-34(16-14-25)17-19-40(20-18-34)24-7-5-4-6-8-24/h9-12,21,23-25,38H,3-8,13-20H2,1-2H3. The number of nitriles is 1. The lowest BCUT2D eigenvalue weighted by Gasteiger charge is -2.48. The fourth-order valence-corrected chi connectivity index (χ4v) is 7.96. The smallest absolute Gasteiger partial charge is 0.261 e. The van der Waals surface area contributed by atoms with Gasteiger partial charge in [0, 0.05) is 30.8 Å². The second-order valence-corrected chi connectivity index (χ2v) is 13.9. The second-order valence-electron chi connectivity index (χ2n) is 12.8. The number of benzene rings is 2. The van der Waals surface area contributed by atoms with Crippen molar-refractivity contribution in [3.05, 3.63) is 58.4 Å². The van der Waals surface area contributed by atoms with Crippen LogP contribution in [0.3, 0.4) is 0 Å². The molecule has 234 valence electrons. The molecule has 0 unspecified atom stereocenters. The molecule has 1 spiro atoms. The van der Waals surface area contributed by atoms with Crippen LogP contribution in [-0.2, 0) is 0 Å². The van der Waals surface area contributed by atoms with E-state index >= 15 is 0 Å². The van der Waals surface area contributed by atoms with E-state index in [2.05, 4.69) is 20.7 Å². The maximum atomic E-state index is 14.9. The number of anilines is 1. The first-order chi connectivity index (χ1) is 21.4. The molecular formula is C34H43FN6O2S. The monoisotopic (exact) mass is 618 g/mol. The Morgan fingerprint density at radius 3 is 2.55 bits per heavy atom. The number of halogens is 1. The molecule has 3 fully saturated rings. The summed E-state index contributed by atoms with van der Waals surface area (Å²) in [6.07, 6.45) is 15.4. The molecule has 0 atom stereocenters. The minimum absolute atomic E-state index is 0.0615. The lowest BCUT2D eigenvalue weighted by atomic mass is 9.66. The Balaban J connectivity index is 1.16. The highest BCUT2D eigenvalue weighted by Crippen LogP contribution is 2.48. The van der Waals surface area contributed by atoms with Gasteiger partial charge in [-0.25, -0.2) is 13.7 Å². The number of nitrogens with one attached hydrogen (secondary N) is 1. The third kappa shape index (κ3) is 6.46. The topological polar surface area (TPSA) is 86.4 Å². The molecule has 3 aromatic rings. The molecular weight excluding hydrogens is 575 g/mol. The van der Waals surface area contributed by atoms with Crippen molar-refractivity contribution < 1.29 is 9.13 Å². The van der Waals surface area contributed by atoms with Gasteiger partial charge in [0.05, 0.1) is 22.9 Å². The molecule has 2 aromatic carbocycles. The summed E-state index contributed by atoms with van der Waals surface area (Å²) in [5.41, 5.74) is 1.38. The van der Waals surface area contributed by atoms with E-state index < -0.39 is 5.82 Å². The zero-order chi connectivity index (χ0) is 30.7. The lowest BCUT2D eigenvalue weighted by molar-refractivity contribution is 0.0258. The second kappa shape index (κ2) is 13.5. The highest BCUT2D eigenvalue weighted by atomic mass is 32.2. The van der Waals surface area contributed by atoms with Crippen LogP contribution in [-0.4, -0.2) is 51.5 Å². The van der Waals surface area contributed by atoms with Gasteiger partial charge in [-0.1, -0.05) is 26.2 Å². The van der Waals surface area contributed by atoms with E-state index in [-0.39, 0.29) is 28.7 Å². The Kier molecular flexibility index (Phi) is 9.45. The zero-order valence-electron chi connectivity index (χ0n) is 25.9. The summed E-state index contributed by atoms with van der Waals surface area (Å²) in [7, 11) is 1.91. The Morgan fingerprint density at radius 2 is 1.84 bits per heavy atom. The van der Waals surface area contributed by atoms with E-state index in [9.17, 15) is 14.4 Å². The molecule has 0 radical (unpaired) electrons. The van der Waals surface area contributed by atoms with Gasteiger partial charge in [0.2, 0.25) is 0 Å². The van der Waals surface area contributed by atoms with Gasteiger partial charge in [0.25, 0.3) is 5.56 Å². The van der Waals surface area contributed by atoms with Gasteiger partial charge in [-0.05, 0) is 107 Å². The SMILES string of the molecule is CCN(C)SNc1ccc(F)c(Oc2ccc3ncn(C4CCC5(CC4)CCN(C4CCCCC4)CC5)c(=O)c3c2)c1C#N. The van der Waals surface area contributed by atoms with Crippen LogP contribution in [0.4, 0.5) is 10.1 Å².